The number of methoxy groups -OCH3 is 1. The quantitative estimate of drug-likeness (QED) is 0.374. The molecule has 0 heterocycles. The zero-order chi connectivity index (χ0) is 9.07. The molecular formula is C8H14O2S. The molecule has 0 aromatic heterocycles. The zero-order valence-corrected chi connectivity index (χ0v) is 8.24. The average molecular weight is 174 g/mol. The van der Waals surface area contributed by atoms with Gasteiger partial charge in [0.25, 0.3) is 0 Å². The molecule has 2 nitrogen and oxygen atoms in total. The van der Waals surface area contributed by atoms with Crippen LogP contribution >= 0.6 is 12.6 Å². The predicted molar refractivity (Wildman–Crippen MR) is 48.5 cm³/mol. The van der Waals surface area contributed by atoms with Crippen molar-refractivity contribution < 1.29 is 9.53 Å². The molecule has 0 aliphatic carbocycles. The third kappa shape index (κ3) is 4.09. The Kier molecular flexibility index (Phi) is 3.66. The number of rotatable bonds is 1. The maximum absolute atomic E-state index is 10.7. The van der Waals surface area contributed by atoms with E-state index in [0.29, 0.717) is 0 Å². The molecule has 0 N–H and O–H groups in total. The number of esters is 1. The van der Waals surface area contributed by atoms with E-state index in [2.05, 4.69) is 17.4 Å². The zero-order valence-electron chi connectivity index (χ0n) is 7.34. The number of hydrogen-bond acceptors (Lipinski definition) is 3. The van der Waals surface area contributed by atoms with Crippen molar-refractivity contribution in [2.45, 2.75) is 20.8 Å². The van der Waals surface area contributed by atoms with Crippen LogP contribution in [0.5, 0.6) is 0 Å². The Morgan fingerprint density at radius 1 is 1.45 bits per heavy atom. The average Bonchev–Trinajstić information content (AvgIpc) is 1.85. The first-order valence-corrected chi connectivity index (χ1v) is 3.81. The minimum Gasteiger partial charge on any atom is -0.466 e. The van der Waals surface area contributed by atoms with Crippen molar-refractivity contribution in [2.75, 3.05) is 7.11 Å². The molecule has 0 spiro atoms. The lowest BCUT2D eigenvalue weighted by atomic mass is 9.96. The van der Waals surface area contributed by atoms with Crippen LogP contribution in [0.1, 0.15) is 20.8 Å². The van der Waals surface area contributed by atoms with Gasteiger partial charge in [0, 0.05) is 6.08 Å². The van der Waals surface area contributed by atoms with Gasteiger partial charge in [0.1, 0.15) is 0 Å². The first-order valence-electron chi connectivity index (χ1n) is 3.37. The fourth-order valence-corrected chi connectivity index (χ4v) is 0.492. The Morgan fingerprint density at radius 2 is 1.91 bits per heavy atom. The van der Waals surface area contributed by atoms with Crippen molar-refractivity contribution in [2.24, 2.45) is 5.41 Å². The fourth-order valence-electron chi connectivity index (χ4n) is 0.387. The topological polar surface area (TPSA) is 26.3 Å². The summed E-state index contributed by atoms with van der Waals surface area (Å²) in [7, 11) is 1.35. The fraction of sp³-hybridized carbons (Fsp3) is 0.625. The van der Waals surface area contributed by atoms with Gasteiger partial charge in [0.05, 0.1) is 7.11 Å². The van der Waals surface area contributed by atoms with Crippen LogP contribution in [-0.4, -0.2) is 13.1 Å². The highest BCUT2D eigenvalue weighted by Crippen LogP contribution is 2.27. The molecule has 0 rings (SSSR count). The molecular weight excluding hydrogens is 160 g/mol. The van der Waals surface area contributed by atoms with Gasteiger partial charge >= 0.3 is 5.97 Å². The van der Waals surface area contributed by atoms with Crippen LogP contribution in [0, 0.1) is 5.41 Å². The van der Waals surface area contributed by atoms with Gasteiger partial charge in [-0.05, 0) is 10.3 Å². The summed E-state index contributed by atoms with van der Waals surface area (Å²) in [5.74, 6) is -0.357. The number of carbonyl (C=O) groups is 1. The van der Waals surface area contributed by atoms with Gasteiger partial charge in [0.15, 0.2) is 0 Å². The number of hydrogen-bond donors (Lipinski definition) is 1. The smallest absolute Gasteiger partial charge is 0.331 e. The summed E-state index contributed by atoms with van der Waals surface area (Å²) >= 11 is 4.16. The van der Waals surface area contributed by atoms with Crippen molar-refractivity contribution >= 4 is 18.6 Å². The van der Waals surface area contributed by atoms with Gasteiger partial charge in [-0.2, -0.15) is 0 Å². The second kappa shape index (κ2) is 3.81. The van der Waals surface area contributed by atoms with Crippen molar-refractivity contribution in [3.8, 4) is 0 Å². The van der Waals surface area contributed by atoms with E-state index in [1.165, 1.54) is 13.2 Å². The van der Waals surface area contributed by atoms with Gasteiger partial charge in [-0.1, -0.05) is 20.8 Å². The van der Waals surface area contributed by atoms with E-state index in [4.69, 9.17) is 0 Å². The van der Waals surface area contributed by atoms with Gasteiger partial charge in [0.2, 0.25) is 0 Å². The lowest BCUT2D eigenvalue weighted by molar-refractivity contribution is -0.134. The van der Waals surface area contributed by atoms with Crippen LogP contribution in [-0.2, 0) is 9.53 Å². The molecule has 0 aliphatic heterocycles. The van der Waals surface area contributed by atoms with Crippen LogP contribution in [0.15, 0.2) is 11.0 Å². The number of allylic oxidation sites excluding steroid dienone is 1. The molecule has 0 bridgehead atoms. The summed E-state index contributed by atoms with van der Waals surface area (Å²) in [5, 5.41) is 0. The SMILES string of the molecule is COC(=O)/C=C(\S)C(C)(C)C. The second-order valence-corrected chi connectivity index (χ2v) is 3.78. The summed E-state index contributed by atoms with van der Waals surface area (Å²) in [4.78, 5) is 11.4. The lowest BCUT2D eigenvalue weighted by Crippen LogP contribution is -2.07. The van der Waals surface area contributed by atoms with E-state index in [1.54, 1.807) is 0 Å². The minimum atomic E-state index is -0.357. The number of carbonyl (C=O) groups excluding carboxylic acids is 1. The van der Waals surface area contributed by atoms with Crippen LogP contribution in [0.3, 0.4) is 0 Å². The molecule has 0 radical (unpaired) electrons. The first-order chi connectivity index (χ1) is 4.88. The Morgan fingerprint density at radius 3 is 2.18 bits per heavy atom. The maximum Gasteiger partial charge on any atom is 0.331 e. The van der Waals surface area contributed by atoms with Crippen molar-refractivity contribution in [3.05, 3.63) is 11.0 Å². The Balaban J connectivity index is 4.35. The number of thiol groups is 1. The van der Waals surface area contributed by atoms with E-state index in [-0.39, 0.29) is 11.4 Å². The first kappa shape index (κ1) is 10.6. The molecule has 0 aromatic rings. The monoisotopic (exact) mass is 174 g/mol. The third-order valence-corrected chi connectivity index (χ3v) is 2.02. The van der Waals surface area contributed by atoms with Gasteiger partial charge in [-0.15, -0.1) is 12.6 Å². The molecule has 3 heteroatoms. The van der Waals surface area contributed by atoms with Crippen molar-refractivity contribution in [1.82, 2.24) is 0 Å². The minimum absolute atomic E-state index is 0.0860. The van der Waals surface area contributed by atoms with E-state index in [0.717, 1.165) is 4.91 Å². The summed E-state index contributed by atoms with van der Waals surface area (Å²) in [6, 6.07) is 0. The predicted octanol–water partition coefficient (Wildman–Crippen LogP) is 2.02. The largest absolute Gasteiger partial charge is 0.466 e. The molecule has 0 fully saturated rings. The van der Waals surface area contributed by atoms with Crippen molar-refractivity contribution in [1.29, 1.82) is 0 Å². The molecule has 0 saturated carbocycles. The lowest BCUT2D eigenvalue weighted by Gasteiger charge is -2.17. The summed E-state index contributed by atoms with van der Waals surface area (Å²) < 4.78 is 4.45. The molecule has 0 atom stereocenters. The second-order valence-electron chi connectivity index (χ2n) is 3.30. The molecule has 0 amide bonds. The van der Waals surface area contributed by atoms with Gasteiger partial charge in [-0.25, -0.2) is 4.79 Å². The molecule has 0 aromatic carbocycles. The Hall–Kier alpha value is -0.440. The highest BCUT2D eigenvalue weighted by molar-refractivity contribution is 7.84. The summed E-state index contributed by atoms with van der Waals surface area (Å²) in [5.41, 5.74) is -0.0860. The molecule has 64 valence electrons. The van der Waals surface area contributed by atoms with E-state index in [9.17, 15) is 4.79 Å². The van der Waals surface area contributed by atoms with Crippen LogP contribution in [0.4, 0.5) is 0 Å². The van der Waals surface area contributed by atoms with Crippen LogP contribution in [0.2, 0.25) is 0 Å². The van der Waals surface area contributed by atoms with Crippen LogP contribution < -0.4 is 0 Å². The van der Waals surface area contributed by atoms with Gasteiger partial charge in [-0.3, -0.25) is 0 Å². The van der Waals surface area contributed by atoms with E-state index < -0.39 is 0 Å². The third-order valence-electron chi connectivity index (χ3n) is 1.22. The number of ether oxygens (including phenoxy) is 1. The molecule has 0 aliphatic rings. The van der Waals surface area contributed by atoms with E-state index >= 15 is 0 Å². The maximum atomic E-state index is 10.7. The van der Waals surface area contributed by atoms with E-state index in [1.807, 2.05) is 20.8 Å². The Bertz CT molecular complexity index is 177. The van der Waals surface area contributed by atoms with Crippen LogP contribution in [0.25, 0.3) is 0 Å². The molecule has 11 heavy (non-hydrogen) atoms. The highest BCUT2D eigenvalue weighted by atomic mass is 32.1. The Labute approximate surface area is 73.0 Å². The normalized spacial score (nSPS) is 13.0. The molecule has 0 saturated heterocycles. The highest BCUT2D eigenvalue weighted by Gasteiger charge is 2.14. The van der Waals surface area contributed by atoms with Gasteiger partial charge < -0.3 is 4.74 Å². The summed E-state index contributed by atoms with van der Waals surface area (Å²) in [6.07, 6.45) is 1.39. The molecule has 0 unspecified atom stereocenters. The van der Waals surface area contributed by atoms with Crippen molar-refractivity contribution in [3.63, 3.8) is 0 Å². The standard InChI is InChI=1S/C8H14O2S/c1-8(2,3)6(11)5-7(9)10-4/h5,11H,1-4H3/b6-5-. The summed E-state index contributed by atoms with van der Waals surface area (Å²) in [6.45, 7) is 5.94.